The molecule has 2 rings (SSSR count). The Morgan fingerprint density at radius 3 is 1.74 bits per heavy atom. The smallest absolute Gasteiger partial charge is 0.303 e. The zero-order chi connectivity index (χ0) is 27.9. The minimum Gasteiger partial charge on any atom is -0.463 e. The lowest BCUT2D eigenvalue weighted by Gasteiger charge is -2.44. The number of hydrogen-bond donors (Lipinski definition) is 3. The first-order valence-corrected chi connectivity index (χ1v) is 12.9. The lowest BCUT2D eigenvalue weighted by Crippen LogP contribution is -2.63. The lowest BCUT2D eigenvalue weighted by molar-refractivity contribution is -0.308. The SMILES string of the molecule is CC(=O)OC[C@H]1O[C@@H](OCCN2CCNCCNCCNCC2)[C@H](OC(C)=O)[C@@H](OC(C)=O)[C@@H]1OC(C)=O. The normalized spacial score (nSPS) is 27.7. The van der Waals surface area contributed by atoms with Crippen molar-refractivity contribution in [1.82, 2.24) is 20.9 Å². The maximum Gasteiger partial charge on any atom is 0.303 e. The van der Waals surface area contributed by atoms with Crippen molar-refractivity contribution in [2.24, 2.45) is 0 Å². The largest absolute Gasteiger partial charge is 0.463 e. The summed E-state index contributed by atoms with van der Waals surface area (Å²) in [6, 6.07) is 0. The molecule has 0 unspecified atom stereocenters. The minimum atomic E-state index is -1.25. The van der Waals surface area contributed by atoms with Crippen LogP contribution in [0.15, 0.2) is 0 Å². The van der Waals surface area contributed by atoms with Crippen LogP contribution in [0.2, 0.25) is 0 Å². The van der Waals surface area contributed by atoms with Gasteiger partial charge in [-0.1, -0.05) is 0 Å². The van der Waals surface area contributed by atoms with Gasteiger partial charge in [0.15, 0.2) is 24.6 Å². The molecule has 2 saturated heterocycles. The van der Waals surface area contributed by atoms with E-state index >= 15 is 0 Å². The third kappa shape index (κ3) is 12.0. The van der Waals surface area contributed by atoms with Crippen LogP contribution in [-0.4, -0.2) is 132 Å². The molecule has 2 heterocycles. The quantitative estimate of drug-likeness (QED) is 0.219. The van der Waals surface area contributed by atoms with E-state index in [2.05, 4.69) is 20.9 Å². The molecule has 0 saturated carbocycles. The fourth-order valence-corrected chi connectivity index (χ4v) is 4.16. The van der Waals surface area contributed by atoms with Crippen molar-refractivity contribution in [2.45, 2.75) is 58.4 Å². The average molecular weight is 547 g/mol. The highest BCUT2D eigenvalue weighted by Crippen LogP contribution is 2.30. The van der Waals surface area contributed by atoms with Gasteiger partial charge in [0.2, 0.25) is 0 Å². The third-order valence-electron chi connectivity index (χ3n) is 5.80. The summed E-state index contributed by atoms with van der Waals surface area (Å²) in [5.41, 5.74) is 0. The van der Waals surface area contributed by atoms with Crippen LogP contribution in [0, 0.1) is 0 Å². The minimum absolute atomic E-state index is 0.204. The summed E-state index contributed by atoms with van der Waals surface area (Å²) in [6.45, 7) is 12.0. The van der Waals surface area contributed by atoms with Crippen molar-refractivity contribution in [3.63, 3.8) is 0 Å². The second-order valence-electron chi connectivity index (χ2n) is 9.03. The monoisotopic (exact) mass is 546 g/mol. The number of nitrogens with one attached hydrogen (secondary N) is 3. The van der Waals surface area contributed by atoms with E-state index in [0.717, 1.165) is 52.4 Å². The second kappa shape index (κ2) is 17.3. The highest BCUT2D eigenvalue weighted by molar-refractivity contribution is 5.68. The second-order valence-corrected chi connectivity index (χ2v) is 9.03. The van der Waals surface area contributed by atoms with Crippen LogP contribution in [0.25, 0.3) is 0 Å². The van der Waals surface area contributed by atoms with Crippen molar-refractivity contribution in [3.8, 4) is 0 Å². The number of nitrogens with zero attached hydrogens (tertiary/aromatic N) is 1. The summed E-state index contributed by atoms with van der Waals surface area (Å²) in [5, 5.41) is 10.1. The molecule has 2 aliphatic rings. The summed E-state index contributed by atoms with van der Waals surface area (Å²) >= 11 is 0. The van der Waals surface area contributed by atoms with E-state index in [1.165, 1.54) is 27.7 Å². The van der Waals surface area contributed by atoms with Crippen LogP contribution in [0.5, 0.6) is 0 Å². The van der Waals surface area contributed by atoms with Crippen molar-refractivity contribution in [1.29, 1.82) is 0 Å². The Bertz CT molecular complexity index is 758. The van der Waals surface area contributed by atoms with Gasteiger partial charge in [0.25, 0.3) is 0 Å². The maximum absolute atomic E-state index is 11.9. The van der Waals surface area contributed by atoms with E-state index in [0.29, 0.717) is 6.54 Å². The predicted molar refractivity (Wildman–Crippen MR) is 133 cm³/mol. The zero-order valence-corrected chi connectivity index (χ0v) is 22.7. The molecule has 0 aromatic carbocycles. The first kappa shape index (κ1) is 31.9. The number of carbonyl (C=O) groups is 4. The van der Waals surface area contributed by atoms with Gasteiger partial charge < -0.3 is 44.4 Å². The summed E-state index contributed by atoms with van der Waals surface area (Å²) in [6.07, 6.45) is -5.89. The summed E-state index contributed by atoms with van der Waals surface area (Å²) in [7, 11) is 0. The Hall–Kier alpha value is -2.36. The molecule has 14 nitrogen and oxygen atoms in total. The van der Waals surface area contributed by atoms with Crippen molar-refractivity contribution in [3.05, 3.63) is 0 Å². The standard InChI is InChI=1S/C24H42N4O10/c1-16(29)34-15-20-21(35-17(2)30)22(36-18(3)31)23(37-19(4)32)24(38-20)33-14-13-28-11-9-26-7-5-25-6-8-27-10-12-28/h20-27H,5-15H2,1-4H3/t20-,21-,22+,23-,24-/m1/s1. The summed E-state index contributed by atoms with van der Waals surface area (Å²) < 4.78 is 33.3. The van der Waals surface area contributed by atoms with Gasteiger partial charge in [-0.3, -0.25) is 24.1 Å². The van der Waals surface area contributed by atoms with Crippen molar-refractivity contribution < 1.29 is 47.6 Å². The molecule has 5 atom stereocenters. The van der Waals surface area contributed by atoms with E-state index in [1.54, 1.807) is 0 Å². The zero-order valence-electron chi connectivity index (χ0n) is 22.7. The molecule has 2 aliphatic heterocycles. The Morgan fingerprint density at radius 1 is 0.711 bits per heavy atom. The van der Waals surface area contributed by atoms with E-state index in [4.69, 9.17) is 28.4 Å². The fourth-order valence-electron chi connectivity index (χ4n) is 4.16. The van der Waals surface area contributed by atoms with Gasteiger partial charge in [0.05, 0.1) is 6.61 Å². The number of ether oxygens (including phenoxy) is 6. The van der Waals surface area contributed by atoms with Gasteiger partial charge in [0.1, 0.15) is 12.7 Å². The number of esters is 4. The van der Waals surface area contributed by atoms with Gasteiger partial charge in [-0.05, 0) is 0 Å². The van der Waals surface area contributed by atoms with Crippen LogP contribution >= 0.6 is 0 Å². The van der Waals surface area contributed by atoms with E-state index in [9.17, 15) is 19.2 Å². The Balaban J connectivity index is 2.15. The Morgan fingerprint density at radius 2 is 1.21 bits per heavy atom. The van der Waals surface area contributed by atoms with Gasteiger partial charge >= 0.3 is 23.9 Å². The predicted octanol–water partition coefficient (Wildman–Crippen LogP) is -1.83. The average Bonchev–Trinajstić information content (AvgIpc) is 2.82. The highest BCUT2D eigenvalue weighted by atomic mass is 16.7. The van der Waals surface area contributed by atoms with Crippen molar-refractivity contribution >= 4 is 23.9 Å². The molecule has 0 radical (unpaired) electrons. The number of hydrogen-bond acceptors (Lipinski definition) is 14. The molecule has 38 heavy (non-hydrogen) atoms. The van der Waals surface area contributed by atoms with Crippen molar-refractivity contribution in [2.75, 3.05) is 72.1 Å². The lowest BCUT2D eigenvalue weighted by atomic mass is 9.98. The van der Waals surface area contributed by atoms with Crippen LogP contribution in [0.3, 0.4) is 0 Å². The van der Waals surface area contributed by atoms with Gasteiger partial charge in [-0.25, -0.2) is 0 Å². The Labute approximate surface area is 223 Å². The summed E-state index contributed by atoms with van der Waals surface area (Å²) in [5.74, 6) is -2.62. The van der Waals surface area contributed by atoms with Gasteiger partial charge in [-0.15, -0.1) is 0 Å². The third-order valence-corrected chi connectivity index (χ3v) is 5.80. The van der Waals surface area contributed by atoms with Crippen LogP contribution in [0.1, 0.15) is 27.7 Å². The van der Waals surface area contributed by atoms with E-state index in [1.807, 2.05) is 0 Å². The van der Waals surface area contributed by atoms with Gasteiger partial charge in [0, 0.05) is 86.6 Å². The van der Waals surface area contributed by atoms with E-state index < -0.39 is 54.6 Å². The topological polar surface area (TPSA) is 163 Å². The fraction of sp³-hybridized carbons (Fsp3) is 0.833. The molecule has 218 valence electrons. The molecule has 0 amide bonds. The molecule has 0 aliphatic carbocycles. The molecule has 0 bridgehead atoms. The van der Waals surface area contributed by atoms with Gasteiger partial charge in [-0.2, -0.15) is 0 Å². The molecule has 0 aromatic rings. The Kier molecular flexibility index (Phi) is 14.5. The van der Waals surface area contributed by atoms with Crippen LogP contribution in [-0.2, 0) is 47.6 Å². The summed E-state index contributed by atoms with van der Waals surface area (Å²) in [4.78, 5) is 49.4. The highest BCUT2D eigenvalue weighted by Gasteiger charge is 2.52. The molecule has 2 fully saturated rings. The van der Waals surface area contributed by atoms with Crippen LogP contribution < -0.4 is 16.0 Å². The van der Waals surface area contributed by atoms with Crippen LogP contribution in [0.4, 0.5) is 0 Å². The maximum atomic E-state index is 11.9. The molecule has 3 N–H and O–H groups in total. The first-order chi connectivity index (χ1) is 18.2. The van der Waals surface area contributed by atoms with E-state index in [-0.39, 0.29) is 13.2 Å². The molecule has 14 heteroatoms. The molecule has 0 spiro atoms. The molecule has 0 aromatic heterocycles. The number of rotatable bonds is 9. The first-order valence-electron chi connectivity index (χ1n) is 12.9. The molecular weight excluding hydrogens is 504 g/mol. The molecular formula is C24H42N4O10. The number of carbonyl (C=O) groups excluding carboxylic acids is 4.